The summed E-state index contributed by atoms with van der Waals surface area (Å²) >= 11 is 0. The molecule has 2 nitrogen and oxygen atoms in total. The van der Waals surface area contributed by atoms with Gasteiger partial charge in [0.2, 0.25) is 0 Å². The van der Waals surface area contributed by atoms with Gasteiger partial charge in [0, 0.05) is 5.97 Å². The molecule has 0 spiro atoms. The Hall–Kier alpha value is 0.210. The zero-order chi connectivity index (χ0) is 11.4. The van der Waals surface area contributed by atoms with Gasteiger partial charge in [-0.05, 0) is 12.8 Å². The van der Waals surface area contributed by atoms with Gasteiger partial charge in [0.15, 0.2) is 0 Å². The number of hydrogen-bond donors (Lipinski definition) is 0. The van der Waals surface area contributed by atoms with E-state index in [0.29, 0.717) is 0 Å². The van der Waals surface area contributed by atoms with Crippen molar-refractivity contribution in [2.75, 3.05) is 0 Å². The van der Waals surface area contributed by atoms with Crippen molar-refractivity contribution in [2.24, 2.45) is 0 Å². The molecule has 0 heterocycles. The maximum Gasteiger partial charge on any atom is 1.00 e. The molecule has 0 amide bonds. The van der Waals surface area contributed by atoms with Crippen LogP contribution in [0.3, 0.4) is 0 Å². The molecule has 0 aliphatic heterocycles. The van der Waals surface area contributed by atoms with Crippen molar-refractivity contribution >= 4 is 5.97 Å². The average molecular weight is 321 g/mol. The van der Waals surface area contributed by atoms with Gasteiger partial charge < -0.3 is 9.90 Å². The molecule has 3 heteroatoms. The van der Waals surface area contributed by atoms with E-state index in [1.807, 2.05) is 0 Å². The first-order valence-corrected chi connectivity index (χ1v) is 6.47. The summed E-state index contributed by atoms with van der Waals surface area (Å²) in [5.74, 6) is -0.908. The van der Waals surface area contributed by atoms with E-state index in [-0.39, 0.29) is 28.8 Å². The molecule has 0 saturated heterocycles. The summed E-state index contributed by atoms with van der Waals surface area (Å²) in [5.41, 5.74) is 0. The van der Waals surface area contributed by atoms with Crippen molar-refractivity contribution < 1.29 is 32.3 Å². The summed E-state index contributed by atoms with van der Waals surface area (Å²) in [6, 6.07) is 0. The quantitative estimate of drug-likeness (QED) is 0.433. The molecule has 16 heavy (non-hydrogen) atoms. The summed E-state index contributed by atoms with van der Waals surface area (Å²) < 4.78 is 0. The number of carbonyl (C=O) groups excluding carboxylic acids is 1. The molecule has 0 unspecified atom stereocenters. The van der Waals surface area contributed by atoms with Crippen LogP contribution in [0.5, 0.6) is 0 Å². The second kappa shape index (κ2) is 15.2. The SMILES string of the molecule is CCCCCCCCCCCCC(=O)[O-].[Ag+]. The van der Waals surface area contributed by atoms with Crippen LogP contribution in [0, 0.1) is 0 Å². The van der Waals surface area contributed by atoms with Gasteiger partial charge in [0.05, 0.1) is 0 Å². The molecule has 0 aromatic heterocycles. The van der Waals surface area contributed by atoms with E-state index in [9.17, 15) is 9.90 Å². The van der Waals surface area contributed by atoms with Gasteiger partial charge in [-0.3, -0.25) is 0 Å². The zero-order valence-corrected chi connectivity index (χ0v) is 11.9. The van der Waals surface area contributed by atoms with Crippen LogP contribution < -0.4 is 5.11 Å². The molecule has 0 saturated carbocycles. The van der Waals surface area contributed by atoms with Crippen LogP contribution in [0.2, 0.25) is 0 Å². The first-order chi connectivity index (χ1) is 7.27. The first kappa shape index (κ1) is 18.6. The Morgan fingerprint density at radius 2 is 1.19 bits per heavy atom. The second-order valence-electron chi connectivity index (χ2n) is 4.30. The van der Waals surface area contributed by atoms with E-state index in [1.54, 1.807) is 0 Å². The molecule has 0 radical (unpaired) electrons. The Balaban J connectivity index is 0. The fourth-order valence-corrected chi connectivity index (χ4v) is 1.76. The van der Waals surface area contributed by atoms with E-state index < -0.39 is 5.97 Å². The van der Waals surface area contributed by atoms with Crippen molar-refractivity contribution in [3.05, 3.63) is 0 Å². The van der Waals surface area contributed by atoms with Crippen molar-refractivity contribution in [2.45, 2.75) is 77.6 Å². The van der Waals surface area contributed by atoms with Crippen LogP contribution in [0.1, 0.15) is 77.6 Å². The number of carbonyl (C=O) groups is 1. The topological polar surface area (TPSA) is 40.1 Å². The smallest absolute Gasteiger partial charge is 0.550 e. The predicted molar refractivity (Wildman–Crippen MR) is 61.5 cm³/mol. The Morgan fingerprint density at radius 1 is 0.812 bits per heavy atom. The standard InChI is InChI=1S/C13H26O2.Ag/c1-2-3-4-5-6-7-8-9-10-11-12-13(14)15;/h2-12H2,1H3,(H,14,15);/q;+1/p-1. The van der Waals surface area contributed by atoms with Crippen LogP contribution in [-0.4, -0.2) is 5.97 Å². The predicted octanol–water partition coefficient (Wildman–Crippen LogP) is 3.04. The van der Waals surface area contributed by atoms with Crippen molar-refractivity contribution in [3.63, 3.8) is 0 Å². The molecule has 100 valence electrons. The number of hydrogen-bond acceptors (Lipinski definition) is 2. The van der Waals surface area contributed by atoms with E-state index >= 15 is 0 Å². The van der Waals surface area contributed by atoms with E-state index in [2.05, 4.69) is 6.92 Å². The summed E-state index contributed by atoms with van der Waals surface area (Å²) in [5, 5.41) is 10.1. The minimum absolute atomic E-state index is 0. The molecule has 0 aliphatic rings. The third-order valence-corrected chi connectivity index (χ3v) is 2.73. The summed E-state index contributed by atoms with van der Waals surface area (Å²) in [4.78, 5) is 10.1. The number of rotatable bonds is 11. The average Bonchev–Trinajstić information content (AvgIpc) is 2.20. The molecule has 0 aromatic carbocycles. The summed E-state index contributed by atoms with van der Waals surface area (Å²) in [6.45, 7) is 2.23. The zero-order valence-electron chi connectivity index (χ0n) is 10.4. The fourth-order valence-electron chi connectivity index (χ4n) is 1.76. The molecular weight excluding hydrogens is 296 g/mol. The van der Waals surface area contributed by atoms with Crippen LogP contribution in [0.4, 0.5) is 0 Å². The van der Waals surface area contributed by atoms with Crippen LogP contribution >= 0.6 is 0 Å². The largest absolute Gasteiger partial charge is 1.00 e. The van der Waals surface area contributed by atoms with E-state index in [1.165, 1.54) is 51.4 Å². The fraction of sp³-hybridized carbons (Fsp3) is 0.923. The molecule has 0 aliphatic carbocycles. The molecule has 0 fully saturated rings. The molecule has 0 atom stereocenters. The van der Waals surface area contributed by atoms with Gasteiger partial charge in [-0.1, -0.05) is 64.7 Å². The molecule has 0 bridgehead atoms. The maximum absolute atomic E-state index is 10.1. The monoisotopic (exact) mass is 320 g/mol. The number of aliphatic carboxylic acids is 1. The first-order valence-electron chi connectivity index (χ1n) is 6.47. The van der Waals surface area contributed by atoms with Gasteiger partial charge in [0.25, 0.3) is 0 Å². The Labute approximate surface area is 116 Å². The Morgan fingerprint density at radius 3 is 1.56 bits per heavy atom. The van der Waals surface area contributed by atoms with E-state index in [4.69, 9.17) is 0 Å². The molecule has 0 N–H and O–H groups in total. The molecular formula is C13H25AgO2. The number of unbranched alkanes of at least 4 members (excludes halogenated alkanes) is 9. The van der Waals surface area contributed by atoms with Crippen LogP contribution in [-0.2, 0) is 27.2 Å². The van der Waals surface area contributed by atoms with Crippen LogP contribution in [0.15, 0.2) is 0 Å². The summed E-state index contributed by atoms with van der Waals surface area (Å²) in [7, 11) is 0. The maximum atomic E-state index is 10.1. The van der Waals surface area contributed by atoms with Crippen molar-refractivity contribution in [3.8, 4) is 0 Å². The number of carboxylic acid groups (broad SMARTS) is 1. The third-order valence-electron chi connectivity index (χ3n) is 2.73. The normalized spacial score (nSPS) is 9.81. The van der Waals surface area contributed by atoms with Gasteiger partial charge in [0.1, 0.15) is 0 Å². The van der Waals surface area contributed by atoms with Gasteiger partial charge in [-0.25, -0.2) is 0 Å². The third kappa shape index (κ3) is 16.6. The Bertz CT molecular complexity index is 149. The van der Waals surface area contributed by atoms with Crippen molar-refractivity contribution in [1.29, 1.82) is 0 Å². The van der Waals surface area contributed by atoms with Crippen LogP contribution in [0.25, 0.3) is 0 Å². The Kier molecular flexibility index (Phi) is 17.7. The summed E-state index contributed by atoms with van der Waals surface area (Å²) in [6.07, 6.45) is 12.6. The second-order valence-corrected chi connectivity index (χ2v) is 4.30. The number of carboxylic acids is 1. The van der Waals surface area contributed by atoms with Gasteiger partial charge in [-0.15, -0.1) is 0 Å². The minimum Gasteiger partial charge on any atom is -0.550 e. The van der Waals surface area contributed by atoms with Gasteiger partial charge in [-0.2, -0.15) is 0 Å². The van der Waals surface area contributed by atoms with Gasteiger partial charge >= 0.3 is 22.4 Å². The molecule has 0 aromatic rings. The van der Waals surface area contributed by atoms with E-state index in [0.717, 1.165) is 12.8 Å². The minimum atomic E-state index is -0.908. The molecule has 0 rings (SSSR count). The van der Waals surface area contributed by atoms with Crippen molar-refractivity contribution in [1.82, 2.24) is 0 Å².